The van der Waals surface area contributed by atoms with Crippen LogP contribution in [0.15, 0.2) is 12.1 Å². The Kier molecular flexibility index (Phi) is 3.15. The molecule has 19 heavy (non-hydrogen) atoms. The molecule has 102 valence electrons. The summed E-state index contributed by atoms with van der Waals surface area (Å²) < 4.78 is 5.41. The summed E-state index contributed by atoms with van der Waals surface area (Å²) in [6.45, 7) is 3.66. The zero-order valence-corrected chi connectivity index (χ0v) is 10.7. The number of ether oxygens (including phenoxy) is 1. The van der Waals surface area contributed by atoms with Crippen molar-refractivity contribution in [3.05, 3.63) is 27.8 Å². The summed E-state index contributed by atoms with van der Waals surface area (Å²) in [5.41, 5.74) is 6.19. The van der Waals surface area contributed by atoms with Crippen LogP contribution in [-0.2, 0) is 11.2 Å². The van der Waals surface area contributed by atoms with Crippen molar-refractivity contribution < 1.29 is 14.5 Å². The van der Waals surface area contributed by atoms with Crippen LogP contribution in [0.2, 0.25) is 0 Å². The van der Waals surface area contributed by atoms with E-state index in [0.29, 0.717) is 11.3 Å². The van der Waals surface area contributed by atoms with Crippen LogP contribution in [0.5, 0.6) is 5.75 Å². The molecule has 0 atom stereocenters. The third-order valence-electron chi connectivity index (χ3n) is 2.61. The fraction of sp³-hybridized carbons (Fsp3) is 0.417. The number of nitrogens with zero attached hydrogens (tertiary/aromatic N) is 1. The van der Waals surface area contributed by atoms with Gasteiger partial charge < -0.3 is 15.8 Å². The zero-order valence-electron chi connectivity index (χ0n) is 10.7. The van der Waals surface area contributed by atoms with Crippen molar-refractivity contribution in [1.29, 1.82) is 0 Å². The molecule has 2 rings (SSSR count). The second kappa shape index (κ2) is 4.51. The van der Waals surface area contributed by atoms with Crippen LogP contribution in [0.25, 0.3) is 0 Å². The van der Waals surface area contributed by atoms with E-state index in [-0.39, 0.29) is 30.4 Å². The molecule has 0 spiro atoms. The van der Waals surface area contributed by atoms with E-state index in [1.54, 1.807) is 13.8 Å². The van der Waals surface area contributed by atoms with Crippen LogP contribution in [-0.4, -0.2) is 23.0 Å². The normalized spacial score (nSPS) is 13.9. The van der Waals surface area contributed by atoms with Gasteiger partial charge in [-0.25, -0.2) is 0 Å². The number of carbonyl (C=O) groups is 1. The largest absolute Gasteiger partial charge is 0.485 e. The van der Waals surface area contributed by atoms with E-state index in [1.807, 2.05) is 0 Å². The minimum atomic E-state index is -0.601. The fourth-order valence-corrected chi connectivity index (χ4v) is 1.76. The maximum Gasteiger partial charge on any atom is 0.311 e. The van der Waals surface area contributed by atoms with Gasteiger partial charge in [0.25, 0.3) is 0 Å². The summed E-state index contributed by atoms with van der Waals surface area (Å²) in [4.78, 5) is 21.8. The molecule has 0 saturated heterocycles. The Morgan fingerprint density at radius 1 is 1.53 bits per heavy atom. The first-order chi connectivity index (χ1) is 8.76. The smallest absolute Gasteiger partial charge is 0.311 e. The topological polar surface area (TPSA) is 107 Å². The lowest BCUT2D eigenvalue weighted by atomic mass is 10.1. The second-order valence-corrected chi connectivity index (χ2v) is 5.24. The number of nitro benzene ring substituents is 1. The predicted molar refractivity (Wildman–Crippen MR) is 69.2 cm³/mol. The minimum Gasteiger partial charge on any atom is -0.485 e. The van der Waals surface area contributed by atoms with E-state index in [1.165, 1.54) is 12.1 Å². The number of nitrogens with one attached hydrogen (secondary N) is 1. The van der Waals surface area contributed by atoms with Crippen molar-refractivity contribution in [1.82, 2.24) is 0 Å². The summed E-state index contributed by atoms with van der Waals surface area (Å²) >= 11 is 0. The van der Waals surface area contributed by atoms with Gasteiger partial charge >= 0.3 is 5.69 Å². The summed E-state index contributed by atoms with van der Waals surface area (Å²) in [6, 6.07) is 2.84. The van der Waals surface area contributed by atoms with Gasteiger partial charge in [0.1, 0.15) is 6.61 Å². The molecule has 7 heteroatoms. The number of carbonyl (C=O) groups excluding carboxylic acids is 1. The fourth-order valence-electron chi connectivity index (χ4n) is 1.76. The zero-order chi connectivity index (χ0) is 14.2. The Balaban J connectivity index is 2.34. The van der Waals surface area contributed by atoms with Crippen molar-refractivity contribution in [2.45, 2.75) is 25.8 Å². The SMILES string of the molecule is CC(C)(N)COc1cc2c(cc1[N+](=O)[O-])CC(=O)N2. The average molecular weight is 265 g/mol. The molecule has 1 aliphatic rings. The van der Waals surface area contributed by atoms with E-state index < -0.39 is 10.5 Å². The van der Waals surface area contributed by atoms with Gasteiger partial charge in [-0.1, -0.05) is 0 Å². The summed E-state index contributed by atoms with van der Waals surface area (Å²) in [6.07, 6.45) is 0.152. The molecule has 0 aromatic heterocycles. The predicted octanol–water partition coefficient (Wildman–Crippen LogP) is 1.21. The number of rotatable bonds is 4. The van der Waals surface area contributed by atoms with E-state index >= 15 is 0 Å². The lowest BCUT2D eigenvalue weighted by Gasteiger charge is -2.19. The molecule has 0 radical (unpaired) electrons. The maximum atomic E-state index is 11.3. The third kappa shape index (κ3) is 3.00. The van der Waals surface area contributed by atoms with Gasteiger partial charge in [0.15, 0.2) is 5.75 Å². The molecule has 3 N–H and O–H groups in total. The highest BCUT2D eigenvalue weighted by Gasteiger charge is 2.26. The van der Waals surface area contributed by atoms with E-state index in [9.17, 15) is 14.9 Å². The number of fused-ring (bicyclic) bond motifs is 1. The molecule has 1 amide bonds. The number of nitro groups is 1. The molecular weight excluding hydrogens is 250 g/mol. The van der Waals surface area contributed by atoms with Gasteiger partial charge in [0, 0.05) is 23.4 Å². The molecule has 0 saturated carbocycles. The van der Waals surface area contributed by atoms with Gasteiger partial charge in [-0.15, -0.1) is 0 Å². The minimum absolute atomic E-state index is 0.115. The van der Waals surface area contributed by atoms with Crippen molar-refractivity contribution in [2.24, 2.45) is 5.73 Å². The van der Waals surface area contributed by atoms with Crippen molar-refractivity contribution >= 4 is 17.3 Å². The van der Waals surface area contributed by atoms with Crippen LogP contribution >= 0.6 is 0 Å². The van der Waals surface area contributed by atoms with E-state index in [2.05, 4.69) is 5.32 Å². The number of hydrogen-bond donors (Lipinski definition) is 2. The Bertz CT molecular complexity index is 549. The van der Waals surface area contributed by atoms with Crippen LogP contribution in [0, 0.1) is 10.1 Å². The number of benzene rings is 1. The Hall–Kier alpha value is -2.15. The summed E-state index contributed by atoms with van der Waals surface area (Å²) in [7, 11) is 0. The van der Waals surface area contributed by atoms with E-state index in [0.717, 1.165) is 0 Å². The highest BCUT2D eigenvalue weighted by atomic mass is 16.6. The van der Waals surface area contributed by atoms with Crippen LogP contribution in [0.1, 0.15) is 19.4 Å². The third-order valence-corrected chi connectivity index (χ3v) is 2.61. The molecule has 1 heterocycles. The van der Waals surface area contributed by atoms with Gasteiger partial charge in [-0.05, 0) is 19.4 Å². The van der Waals surface area contributed by atoms with Gasteiger partial charge in [0.2, 0.25) is 5.91 Å². The van der Waals surface area contributed by atoms with Gasteiger partial charge in [-0.3, -0.25) is 14.9 Å². The first kappa shape index (κ1) is 13.3. The Morgan fingerprint density at radius 2 is 2.21 bits per heavy atom. The van der Waals surface area contributed by atoms with E-state index in [4.69, 9.17) is 10.5 Å². The number of amides is 1. The second-order valence-electron chi connectivity index (χ2n) is 5.24. The molecule has 0 unspecified atom stereocenters. The maximum absolute atomic E-state index is 11.3. The Morgan fingerprint density at radius 3 is 2.79 bits per heavy atom. The van der Waals surface area contributed by atoms with Crippen LogP contribution in [0.4, 0.5) is 11.4 Å². The van der Waals surface area contributed by atoms with Gasteiger partial charge in [0.05, 0.1) is 11.3 Å². The average Bonchev–Trinajstić information content (AvgIpc) is 2.62. The first-order valence-electron chi connectivity index (χ1n) is 5.79. The Labute approximate surface area is 109 Å². The standard InChI is InChI=1S/C12H15N3O4/c1-12(2,13)6-19-10-5-8-7(4-11(16)14-8)3-9(10)15(17)18/h3,5H,4,6,13H2,1-2H3,(H,14,16). The van der Waals surface area contributed by atoms with Gasteiger partial charge in [-0.2, -0.15) is 0 Å². The summed E-state index contributed by atoms with van der Waals surface area (Å²) in [5, 5.41) is 13.6. The van der Waals surface area contributed by atoms with Crippen molar-refractivity contribution in [3.8, 4) is 5.75 Å². The molecule has 0 aliphatic carbocycles. The lowest BCUT2D eigenvalue weighted by Crippen LogP contribution is -2.38. The summed E-state index contributed by atoms with van der Waals surface area (Å²) in [5.74, 6) is -0.0647. The molecule has 1 aromatic rings. The van der Waals surface area contributed by atoms with Crippen molar-refractivity contribution in [2.75, 3.05) is 11.9 Å². The highest BCUT2D eigenvalue weighted by molar-refractivity contribution is 5.99. The highest BCUT2D eigenvalue weighted by Crippen LogP contribution is 2.36. The molecule has 1 aromatic carbocycles. The number of hydrogen-bond acceptors (Lipinski definition) is 5. The van der Waals surface area contributed by atoms with Crippen LogP contribution < -0.4 is 15.8 Å². The molecule has 0 bridgehead atoms. The number of nitrogens with two attached hydrogens (primary N) is 1. The van der Waals surface area contributed by atoms with Crippen LogP contribution in [0.3, 0.4) is 0 Å². The molecule has 1 aliphatic heterocycles. The molecular formula is C12H15N3O4. The quantitative estimate of drug-likeness (QED) is 0.628. The monoisotopic (exact) mass is 265 g/mol. The molecule has 7 nitrogen and oxygen atoms in total. The van der Waals surface area contributed by atoms with Crippen molar-refractivity contribution in [3.63, 3.8) is 0 Å². The lowest BCUT2D eigenvalue weighted by molar-refractivity contribution is -0.385. The molecule has 0 fully saturated rings. The first-order valence-corrected chi connectivity index (χ1v) is 5.79. The number of anilines is 1.